The molecule has 1 aliphatic rings. The van der Waals surface area contributed by atoms with Crippen molar-refractivity contribution in [2.75, 3.05) is 66.2 Å². The minimum absolute atomic E-state index is 0.0324. The van der Waals surface area contributed by atoms with Gasteiger partial charge in [-0.25, -0.2) is 17.5 Å². The number of nitrogens with zero attached hydrogens (tertiary/aromatic N) is 3. The normalized spacial score (nSPS) is 15.5. The summed E-state index contributed by atoms with van der Waals surface area (Å²) in [7, 11) is 0.527. The lowest BCUT2D eigenvalue weighted by Crippen LogP contribution is -2.47. The SMILES string of the molecule is CN(C)CCN(CCC(=O)N1CCNCC1)S(C)(=O)=O.O=C(O)C(F)(F)F. The van der Waals surface area contributed by atoms with Crippen LogP contribution in [0, 0.1) is 0 Å². The van der Waals surface area contributed by atoms with Crippen LogP contribution in [0.15, 0.2) is 0 Å². The summed E-state index contributed by atoms with van der Waals surface area (Å²) in [5.41, 5.74) is 0. The molecule has 1 fully saturated rings. The summed E-state index contributed by atoms with van der Waals surface area (Å²) in [5, 5.41) is 10.3. The molecule has 0 saturated carbocycles. The fraction of sp³-hybridized carbons (Fsp3) is 0.857. The average Bonchev–Trinajstić information content (AvgIpc) is 2.53. The summed E-state index contributed by atoms with van der Waals surface area (Å²) in [6, 6.07) is 0. The number of carbonyl (C=O) groups is 2. The van der Waals surface area contributed by atoms with E-state index in [2.05, 4.69) is 5.32 Å². The third kappa shape index (κ3) is 11.8. The first-order valence-corrected chi connectivity index (χ1v) is 9.98. The number of carbonyl (C=O) groups excluding carboxylic acids is 1. The van der Waals surface area contributed by atoms with Crippen molar-refractivity contribution in [2.24, 2.45) is 0 Å². The highest BCUT2D eigenvalue weighted by atomic mass is 32.2. The van der Waals surface area contributed by atoms with Gasteiger partial charge >= 0.3 is 12.1 Å². The van der Waals surface area contributed by atoms with Gasteiger partial charge < -0.3 is 20.2 Å². The minimum Gasteiger partial charge on any atom is -0.475 e. The number of rotatable bonds is 7. The Labute approximate surface area is 157 Å². The van der Waals surface area contributed by atoms with E-state index in [0.717, 1.165) is 13.1 Å². The summed E-state index contributed by atoms with van der Waals surface area (Å²) in [4.78, 5) is 24.7. The van der Waals surface area contributed by atoms with Crippen LogP contribution < -0.4 is 5.32 Å². The van der Waals surface area contributed by atoms with Gasteiger partial charge in [0.05, 0.1) is 6.26 Å². The van der Waals surface area contributed by atoms with Crippen molar-refractivity contribution in [1.29, 1.82) is 0 Å². The summed E-state index contributed by atoms with van der Waals surface area (Å²) >= 11 is 0. The average molecular weight is 420 g/mol. The number of piperazine rings is 1. The van der Waals surface area contributed by atoms with E-state index in [1.165, 1.54) is 10.6 Å². The maximum Gasteiger partial charge on any atom is 0.490 e. The van der Waals surface area contributed by atoms with E-state index >= 15 is 0 Å². The van der Waals surface area contributed by atoms with Crippen molar-refractivity contribution >= 4 is 21.9 Å². The Balaban J connectivity index is 0.000000821. The Hall–Kier alpha value is -1.44. The second-order valence-corrected chi connectivity index (χ2v) is 8.13. The zero-order valence-electron chi connectivity index (χ0n) is 15.6. The van der Waals surface area contributed by atoms with E-state index in [0.29, 0.717) is 26.2 Å². The molecule has 0 atom stereocenters. The van der Waals surface area contributed by atoms with Crippen LogP contribution in [0.3, 0.4) is 0 Å². The largest absolute Gasteiger partial charge is 0.490 e. The number of amides is 1. The van der Waals surface area contributed by atoms with Gasteiger partial charge in [0, 0.05) is 52.2 Å². The molecule has 0 spiro atoms. The van der Waals surface area contributed by atoms with Crippen LogP contribution in [0.5, 0.6) is 0 Å². The van der Waals surface area contributed by atoms with Crippen molar-refractivity contribution in [2.45, 2.75) is 12.6 Å². The monoisotopic (exact) mass is 420 g/mol. The minimum atomic E-state index is -5.08. The van der Waals surface area contributed by atoms with Gasteiger partial charge in [-0.05, 0) is 14.1 Å². The van der Waals surface area contributed by atoms with E-state index < -0.39 is 22.2 Å². The van der Waals surface area contributed by atoms with Gasteiger partial charge in [-0.3, -0.25) is 4.79 Å². The Morgan fingerprint density at radius 2 is 1.59 bits per heavy atom. The molecule has 1 saturated heterocycles. The molecule has 9 nitrogen and oxygen atoms in total. The molecule has 0 unspecified atom stereocenters. The molecule has 0 aromatic carbocycles. The lowest BCUT2D eigenvalue weighted by Gasteiger charge is -2.28. The van der Waals surface area contributed by atoms with E-state index in [1.807, 2.05) is 19.0 Å². The number of alkyl halides is 3. The number of carboxylic acid groups (broad SMARTS) is 1. The van der Waals surface area contributed by atoms with Crippen molar-refractivity contribution < 1.29 is 36.3 Å². The highest BCUT2D eigenvalue weighted by Gasteiger charge is 2.38. The first-order chi connectivity index (χ1) is 12.2. The molecule has 0 aromatic rings. The van der Waals surface area contributed by atoms with Gasteiger partial charge in [0.15, 0.2) is 0 Å². The van der Waals surface area contributed by atoms with E-state index in [1.54, 1.807) is 4.90 Å². The highest BCUT2D eigenvalue weighted by Crippen LogP contribution is 2.13. The van der Waals surface area contributed by atoms with Crippen LogP contribution in [0.25, 0.3) is 0 Å². The molecular formula is C14H27F3N4O5S. The van der Waals surface area contributed by atoms with Gasteiger partial charge in [0.2, 0.25) is 15.9 Å². The van der Waals surface area contributed by atoms with Gasteiger partial charge in [0.25, 0.3) is 0 Å². The second kappa shape index (κ2) is 11.4. The van der Waals surface area contributed by atoms with Gasteiger partial charge in [-0.1, -0.05) is 0 Å². The summed E-state index contributed by atoms with van der Waals surface area (Å²) in [6.45, 7) is 4.35. The maximum absolute atomic E-state index is 12.0. The summed E-state index contributed by atoms with van der Waals surface area (Å²) in [6.07, 6.45) is -3.64. The molecule has 2 N–H and O–H groups in total. The number of nitrogens with one attached hydrogen (secondary N) is 1. The molecule has 13 heteroatoms. The van der Waals surface area contributed by atoms with Crippen LogP contribution in [-0.2, 0) is 19.6 Å². The van der Waals surface area contributed by atoms with Crippen LogP contribution >= 0.6 is 0 Å². The van der Waals surface area contributed by atoms with Crippen molar-refractivity contribution in [3.8, 4) is 0 Å². The topological polar surface area (TPSA) is 110 Å². The molecule has 1 amide bonds. The van der Waals surface area contributed by atoms with Gasteiger partial charge in [-0.15, -0.1) is 0 Å². The van der Waals surface area contributed by atoms with E-state index in [9.17, 15) is 26.4 Å². The Morgan fingerprint density at radius 3 is 1.96 bits per heavy atom. The summed E-state index contributed by atoms with van der Waals surface area (Å²) in [5.74, 6) is -2.72. The number of likely N-dealkylation sites (N-methyl/N-ethyl adjacent to an activating group) is 1. The van der Waals surface area contributed by atoms with Crippen LogP contribution in [0.1, 0.15) is 6.42 Å². The van der Waals surface area contributed by atoms with Gasteiger partial charge in [-0.2, -0.15) is 13.2 Å². The molecule has 0 bridgehead atoms. The number of halogens is 3. The molecule has 1 heterocycles. The standard InChI is InChI=1S/C12H26N4O3S.C2HF3O2/c1-14(2)10-11-16(20(3,18)19)7-4-12(17)15-8-5-13-6-9-15;3-2(4,5)1(6)7/h13H,4-11H2,1-3H3;(H,6,7). The van der Waals surface area contributed by atoms with E-state index in [4.69, 9.17) is 9.90 Å². The van der Waals surface area contributed by atoms with Gasteiger partial charge in [0.1, 0.15) is 0 Å². The zero-order chi connectivity index (χ0) is 21.3. The fourth-order valence-corrected chi connectivity index (χ4v) is 2.88. The van der Waals surface area contributed by atoms with Crippen LogP contribution in [0.4, 0.5) is 13.2 Å². The van der Waals surface area contributed by atoms with Crippen LogP contribution in [0.2, 0.25) is 0 Å². The molecule has 0 radical (unpaired) electrons. The molecule has 1 aliphatic heterocycles. The smallest absolute Gasteiger partial charge is 0.475 e. The summed E-state index contributed by atoms with van der Waals surface area (Å²) < 4.78 is 56.5. The Kier molecular flexibility index (Phi) is 10.8. The maximum atomic E-state index is 12.0. The lowest BCUT2D eigenvalue weighted by atomic mass is 10.3. The zero-order valence-corrected chi connectivity index (χ0v) is 16.4. The third-order valence-electron chi connectivity index (χ3n) is 3.55. The molecule has 0 aliphatic carbocycles. The van der Waals surface area contributed by atoms with Crippen molar-refractivity contribution in [1.82, 2.24) is 19.4 Å². The first kappa shape index (κ1) is 25.6. The fourth-order valence-electron chi connectivity index (χ4n) is 2.05. The molecule has 27 heavy (non-hydrogen) atoms. The predicted octanol–water partition coefficient (Wildman–Crippen LogP) is -0.735. The number of hydrogen-bond acceptors (Lipinski definition) is 6. The highest BCUT2D eigenvalue weighted by molar-refractivity contribution is 7.88. The predicted molar refractivity (Wildman–Crippen MR) is 92.7 cm³/mol. The van der Waals surface area contributed by atoms with Crippen molar-refractivity contribution in [3.05, 3.63) is 0 Å². The number of aliphatic carboxylic acids is 1. The molecular weight excluding hydrogens is 393 g/mol. The quantitative estimate of drug-likeness (QED) is 0.558. The molecule has 1 rings (SSSR count). The Bertz CT molecular complexity index is 578. The third-order valence-corrected chi connectivity index (χ3v) is 4.86. The second-order valence-electron chi connectivity index (χ2n) is 6.15. The Morgan fingerprint density at radius 1 is 1.11 bits per heavy atom. The lowest BCUT2D eigenvalue weighted by molar-refractivity contribution is -0.192. The first-order valence-electron chi connectivity index (χ1n) is 8.13. The van der Waals surface area contributed by atoms with Crippen LogP contribution in [-0.4, -0.2) is 112 Å². The number of carboxylic acids is 1. The number of hydrogen-bond donors (Lipinski definition) is 2. The van der Waals surface area contributed by atoms with E-state index in [-0.39, 0.29) is 18.9 Å². The number of sulfonamides is 1. The molecule has 0 aromatic heterocycles. The molecule has 160 valence electrons. The van der Waals surface area contributed by atoms with Crippen molar-refractivity contribution in [3.63, 3.8) is 0 Å².